The Balaban J connectivity index is 2.12. The van der Waals surface area contributed by atoms with Crippen molar-refractivity contribution in [3.8, 4) is 0 Å². The van der Waals surface area contributed by atoms with Crippen molar-refractivity contribution in [1.82, 2.24) is 10.8 Å². The van der Waals surface area contributed by atoms with E-state index in [4.69, 9.17) is 4.74 Å². The third-order valence-corrected chi connectivity index (χ3v) is 2.89. The monoisotopic (exact) mass is 272 g/mol. The summed E-state index contributed by atoms with van der Waals surface area (Å²) in [6.07, 6.45) is 4.56. The van der Waals surface area contributed by atoms with E-state index < -0.39 is 17.8 Å². The van der Waals surface area contributed by atoms with Crippen molar-refractivity contribution in [2.24, 2.45) is 5.92 Å². The first-order valence-corrected chi connectivity index (χ1v) is 6.80. The molecule has 0 aromatic heterocycles. The van der Waals surface area contributed by atoms with Crippen molar-refractivity contribution in [1.29, 1.82) is 0 Å². The lowest BCUT2D eigenvalue weighted by Gasteiger charge is -2.21. The molecule has 0 atom stereocenters. The van der Waals surface area contributed by atoms with Crippen LogP contribution in [0.4, 0.5) is 9.59 Å². The molecule has 0 spiro atoms. The van der Waals surface area contributed by atoms with Gasteiger partial charge in [0.1, 0.15) is 5.60 Å². The molecule has 2 N–H and O–H groups in total. The van der Waals surface area contributed by atoms with Crippen molar-refractivity contribution in [3.63, 3.8) is 0 Å². The number of hydroxylamine groups is 1. The van der Waals surface area contributed by atoms with Crippen LogP contribution in [0.3, 0.4) is 0 Å². The number of hydrogen-bond donors (Lipinski definition) is 2. The average molecular weight is 272 g/mol. The first kappa shape index (κ1) is 15.6. The van der Waals surface area contributed by atoms with Gasteiger partial charge in [-0.3, -0.25) is 0 Å². The van der Waals surface area contributed by atoms with Crippen molar-refractivity contribution in [2.75, 3.05) is 6.54 Å². The summed E-state index contributed by atoms with van der Waals surface area (Å²) in [7, 11) is 0. The Hall–Kier alpha value is -1.46. The molecule has 1 aliphatic carbocycles. The van der Waals surface area contributed by atoms with E-state index in [-0.39, 0.29) is 0 Å². The third-order valence-electron chi connectivity index (χ3n) is 2.89. The second-order valence-corrected chi connectivity index (χ2v) is 5.88. The van der Waals surface area contributed by atoms with Gasteiger partial charge in [0, 0.05) is 6.54 Å². The molecule has 1 rings (SSSR count). The summed E-state index contributed by atoms with van der Waals surface area (Å²) in [4.78, 5) is 27.1. The highest BCUT2D eigenvalue weighted by Gasteiger charge is 2.18. The van der Waals surface area contributed by atoms with Crippen molar-refractivity contribution < 1.29 is 19.2 Å². The topological polar surface area (TPSA) is 76.7 Å². The smallest absolute Gasteiger partial charge is 0.441 e. The van der Waals surface area contributed by atoms with Gasteiger partial charge < -0.3 is 14.9 Å². The summed E-state index contributed by atoms with van der Waals surface area (Å²) in [5.74, 6) is 0.517. The molecule has 19 heavy (non-hydrogen) atoms. The zero-order valence-electron chi connectivity index (χ0n) is 12.0. The minimum absolute atomic E-state index is 0.517. The maximum atomic E-state index is 11.4. The lowest BCUT2D eigenvalue weighted by molar-refractivity contribution is 0.0145. The van der Waals surface area contributed by atoms with E-state index in [1.54, 1.807) is 20.8 Å². The molecule has 0 saturated heterocycles. The lowest BCUT2D eigenvalue weighted by atomic mass is 9.89. The van der Waals surface area contributed by atoms with Crippen LogP contribution in [-0.4, -0.2) is 24.3 Å². The Kier molecular flexibility index (Phi) is 5.92. The molecule has 110 valence electrons. The van der Waals surface area contributed by atoms with Crippen LogP contribution < -0.4 is 10.8 Å². The van der Waals surface area contributed by atoms with Crippen LogP contribution in [0.25, 0.3) is 0 Å². The van der Waals surface area contributed by atoms with E-state index in [1.807, 2.05) is 5.48 Å². The molecule has 2 amide bonds. The Bertz CT molecular complexity index is 306. The highest BCUT2D eigenvalue weighted by molar-refractivity contribution is 5.72. The summed E-state index contributed by atoms with van der Waals surface area (Å²) in [5, 5.41) is 2.64. The molecule has 0 unspecified atom stereocenters. The number of hydrogen-bond acceptors (Lipinski definition) is 4. The number of carbonyl (C=O) groups is 2. The number of nitrogens with one attached hydrogen (secondary N) is 2. The highest BCUT2D eigenvalue weighted by atomic mass is 16.7. The van der Waals surface area contributed by atoms with Crippen LogP contribution in [0.5, 0.6) is 0 Å². The van der Waals surface area contributed by atoms with Gasteiger partial charge >= 0.3 is 12.2 Å². The van der Waals surface area contributed by atoms with Gasteiger partial charge in [-0.05, 0) is 39.5 Å². The standard InChI is InChI=1S/C13H24N2O4/c1-13(2,3)18-12(17)15-19-11(16)14-9-10-7-5-4-6-8-10/h10H,4-9H2,1-3H3,(H,14,16)(H,15,17). The van der Waals surface area contributed by atoms with Crippen molar-refractivity contribution in [3.05, 3.63) is 0 Å². The zero-order valence-corrected chi connectivity index (χ0v) is 12.0. The maximum Gasteiger partial charge on any atom is 0.441 e. The van der Waals surface area contributed by atoms with E-state index in [2.05, 4.69) is 10.2 Å². The van der Waals surface area contributed by atoms with Crippen LogP contribution in [0.1, 0.15) is 52.9 Å². The van der Waals surface area contributed by atoms with E-state index in [0.717, 1.165) is 12.8 Å². The fourth-order valence-electron chi connectivity index (χ4n) is 2.04. The molecular formula is C13H24N2O4. The van der Waals surface area contributed by atoms with Crippen LogP contribution in [0.2, 0.25) is 0 Å². The van der Waals surface area contributed by atoms with Gasteiger partial charge in [-0.2, -0.15) is 0 Å². The molecule has 1 aliphatic rings. The van der Waals surface area contributed by atoms with Crippen molar-refractivity contribution in [2.45, 2.75) is 58.5 Å². The Morgan fingerprint density at radius 2 is 1.74 bits per heavy atom. The molecule has 0 aromatic rings. The molecule has 6 nitrogen and oxygen atoms in total. The summed E-state index contributed by atoms with van der Waals surface area (Å²) in [5.41, 5.74) is 1.33. The van der Waals surface area contributed by atoms with E-state index >= 15 is 0 Å². The highest BCUT2D eigenvalue weighted by Crippen LogP contribution is 2.22. The number of amides is 2. The minimum Gasteiger partial charge on any atom is -0.442 e. The lowest BCUT2D eigenvalue weighted by Crippen LogP contribution is -2.38. The van der Waals surface area contributed by atoms with E-state index in [1.165, 1.54) is 19.3 Å². The average Bonchev–Trinajstić information content (AvgIpc) is 2.33. The van der Waals surface area contributed by atoms with Gasteiger partial charge in [0.15, 0.2) is 0 Å². The fraction of sp³-hybridized carbons (Fsp3) is 0.846. The van der Waals surface area contributed by atoms with Gasteiger partial charge in [0.2, 0.25) is 0 Å². The predicted octanol–water partition coefficient (Wildman–Crippen LogP) is 2.73. The van der Waals surface area contributed by atoms with Gasteiger partial charge in [-0.15, -0.1) is 5.48 Å². The second-order valence-electron chi connectivity index (χ2n) is 5.88. The first-order valence-electron chi connectivity index (χ1n) is 6.80. The van der Waals surface area contributed by atoms with E-state index in [0.29, 0.717) is 12.5 Å². The molecule has 0 heterocycles. The van der Waals surface area contributed by atoms with Crippen molar-refractivity contribution >= 4 is 12.2 Å². The Morgan fingerprint density at radius 3 is 2.32 bits per heavy atom. The third kappa shape index (κ3) is 7.54. The number of carbonyl (C=O) groups excluding carboxylic acids is 2. The molecule has 0 aliphatic heterocycles. The normalized spacial score (nSPS) is 16.6. The molecule has 1 saturated carbocycles. The zero-order chi connectivity index (χ0) is 14.3. The summed E-state index contributed by atoms with van der Waals surface area (Å²) in [6.45, 7) is 5.79. The Morgan fingerprint density at radius 1 is 1.11 bits per heavy atom. The maximum absolute atomic E-state index is 11.4. The molecule has 0 bridgehead atoms. The minimum atomic E-state index is -0.777. The molecule has 6 heteroatoms. The molecule has 0 aromatic carbocycles. The van der Waals surface area contributed by atoms with Crippen LogP contribution in [0, 0.1) is 5.92 Å². The largest absolute Gasteiger partial charge is 0.442 e. The first-order chi connectivity index (χ1) is 8.87. The predicted molar refractivity (Wildman–Crippen MR) is 70.4 cm³/mol. The van der Waals surface area contributed by atoms with Crippen LogP contribution in [-0.2, 0) is 9.57 Å². The van der Waals surface area contributed by atoms with Gasteiger partial charge in [0.25, 0.3) is 0 Å². The van der Waals surface area contributed by atoms with E-state index in [9.17, 15) is 9.59 Å². The Labute approximate surface area is 114 Å². The quantitative estimate of drug-likeness (QED) is 0.758. The molecule has 1 fully saturated rings. The summed E-state index contributed by atoms with van der Waals surface area (Å²) >= 11 is 0. The van der Waals surface area contributed by atoms with Gasteiger partial charge in [0.05, 0.1) is 0 Å². The number of rotatable bonds is 2. The molecule has 0 radical (unpaired) electrons. The number of ether oxygens (including phenoxy) is 1. The van der Waals surface area contributed by atoms with Crippen LogP contribution in [0.15, 0.2) is 0 Å². The van der Waals surface area contributed by atoms with Gasteiger partial charge in [-0.25, -0.2) is 9.59 Å². The fourth-order valence-corrected chi connectivity index (χ4v) is 2.04. The second kappa shape index (κ2) is 7.21. The molecular weight excluding hydrogens is 248 g/mol. The SMILES string of the molecule is CC(C)(C)OC(=O)NOC(=O)NCC1CCCCC1. The summed E-state index contributed by atoms with van der Waals surface area (Å²) in [6, 6.07) is 0. The summed E-state index contributed by atoms with van der Waals surface area (Å²) < 4.78 is 4.93. The van der Waals surface area contributed by atoms with Gasteiger partial charge in [-0.1, -0.05) is 19.3 Å². The van der Waals surface area contributed by atoms with Crippen LogP contribution >= 0.6 is 0 Å².